The number of unbranched alkanes of at least 4 members (excludes halogenated alkanes) is 2. The average Bonchev–Trinajstić information content (AvgIpc) is 2.86. The first-order chi connectivity index (χ1) is 16.4. The summed E-state index contributed by atoms with van der Waals surface area (Å²) >= 11 is 0. The van der Waals surface area contributed by atoms with Crippen LogP contribution in [-0.4, -0.2) is 31.7 Å². The van der Waals surface area contributed by atoms with Crippen LogP contribution in [0.2, 0.25) is 0 Å². The number of alkyl halides is 2. The summed E-state index contributed by atoms with van der Waals surface area (Å²) in [6.07, 6.45) is 8.27. The Balaban J connectivity index is 1.47. The first kappa shape index (κ1) is 27.3. The van der Waals surface area contributed by atoms with Gasteiger partial charge in [0.1, 0.15) is 12.8 Å². The Kier molecular flexibility index (Phi) is 11.0. The van der Waals surface area contributed by atoms with Crippen molar-refractivity contribution in [1.82, 2.24) is 0 Å². The summed E-state index contributed by atoms with van der Waals surface area (Å²) in [5.41, 5.74) is 0.260. The van der Waals surface area contributed by atoms with Crippen molar-refractivity contribution in [1.29, 1.82) is 0 Å². The molecule has 3 rings (SSSR count). The van der Waals surface area contributed by atoms with Gasteiger partial charge in [0.15, 0.2) is 17.7 Å². The Labute approximate surface area is 202 Å². The smallest absolute Gasteiger partial charge is 0.200 e. The molecule has 1 aromatic carbocycles. The minimum absolute atomic E-state index is 0.183. The first-order valence-electron chi connectivity index (χ1n) is 13.4. The fourth-order valence-electron chi connectivity index (χ4n) is 5.61. The Morgan fingerprint density at radius 2 is 1.68 bits per heavy atom. The highest BCUT2D eigenvalue weighted by molar-refractivity contribution is 5.33. The highest BCUT2D eigenvalue weighted by Gasteiger charge is 2.34. The van der Waals surface area contributed by atoms with E-state index in [9.17, 15) is 17.6 Å². The minimum Gasteiger partial charge on any atom is -0.487 e. The third-order valence-corrected chi connectivity index (χ3v) is 7.80. The summed E-state index contributed by atoms with van der Waals surface area (Å²) in [6.45, 7) is 4.02. The van der Waals surface area contributed by atoms with Crippen LogP contribution in [0.3, 0.4) is 0 Å². The largest absolute Gasteiger partial charge is 0.487 e. The second-order valence-corrected chi connectivity index (χ2v) is 10.3. The van der Waals surface area contributed by atoms with Crippen LogP contribution in [0.4, 0.5) is 17.6 Å². The molecule has 0 N–H and O–H groups in total. The standard InChI is InChI=1S/C28H42F4O2/c1-3-5-6-8-19-9-11-20(12-10-19)26(30)24(29)18-34-25-16-15-23(27(31)28(25)32)21-13-14-22(7-4-2)33-17-21/h15-16,19-22,24,26H,3-14,17-18H2,1-2H3. The van der Waals surface area contributed by atoms with E-state index < -0.39 is 30.6 Å². The average molecular weight is 487 g/mol. The lowest BCUT2D eigenvalue weighted by molar-refractivity contribution is -0.00186. The van der Waals surface area contributed by atoms with Crippen LogP contribution >= 0.6 is 0 Å². The lowest BCUT2D eigenvalue weighted by atomic mass is 9.77. The molecule has 4 unspecified atom stereocenters. The van der Waals surface area contributed by atoms with Gasteiger partial charge in [-0.05, 0) is 55.6 Å². The first-order valence-corrected chi connectivity index (χ1v) is 13.4. The van der Waals surface area contributed by atoms with Gasteiger partial charge in [-0.2, -0.15) is 4.39 Å². The van der Waals surface area contributed by atoms with E-state index in [0.717, 1.165) is 38.5 Å². The van der Waals surface area contributed by atoms with Gasteiger partial charge in [0, 0.05) is 5.92 Å². The van der Waals surface area contributed by atoms with E-state index in [4.69, 9.17) is 9.47 Å². The number of hydrogen-bond donors (Lipinski definition) is 0. The van der Waals surface area contributed by atoms with Crippen LogP contribution in [0.1, 0.15) is 102 Å². The molecule has 6 heteroatoms. The number of rotatable bonds is 12. The Morgan fingerprint density at radius 1 is 0.912 bits per heavy atom. The third-order valence-electron chi connectivity index (χ3n) is 7.80. The maximum atomic E-state index is 14.8. The van der Waals surface area contributed by atoms with Gasteiger partial charge in [0.25, 0.3) is 0 Å². The van der Waals surface area contributed by atoms with Crippen LogP contribution in [0, 0.1) is 23.5 Å². The predicted octanol–water partition coefficient (Wildman–Crippen LogP) is 8.47. The molecule has 1 aromatic rings. The maximum Gasteiger partial charge on any atom is 0.200 e. The molecule has 4 atom stereocenters. The van der Waals surface area contributed by atoms with Crippen molar-refractivity contribution in [2.75, 3.05) is 13.2 Å². The summed E-state index contributed by atoms with van der Waals surface area (Å²) < 4.78 is 69.7. The van der Waals surface area contributed by atoms with Crippen molar-refractivity contribution >= 4 is 0 Å². The van der Waals surface area contributed by atoms with E-state index in [-0.39, 0.29) is 29.3 Å². The Hall–Kier alpha value is -1.30. The summed E-state index contributed by atoms with van der Waals surface area (Å²) in [5, 5.41) is 0. The van der Waals surface area contributed by atoms with E-state index in [1.807, 2.05) is 0 Å². The van der Waals surface area contributed by atoms with Gasteiger partial charge in [-0.15, -0.1) is 0 Å². The van der Waals surface area contributed by atoms with Crippen LogP contribution < -0.4 is 4.74 Å². The molecular weight excluding hydrogens is 444 g/mol. The monoisotopic (exact) mass is 486 g/mol. The molecule has 1 saturated carbocycles. The molecule has 194 valence electrons. The molecule has 0 amide bonds. The van der Waals surface area contributed by atoms with Crippen molar-refractivity contribution in [3.05, 3.63) is 29.3 Å². The molecular formula is C28H42F4O2. The highest BCUT2D eigenvalue weighted by Crippen LogP contribution is 2.37. The van der Waals surface area contributed by atoms with E-state index in [1.54, 1.807) is 0 Å². The van der Waals surface area contributed by atoms with Crippen LogP contribution in [-0.2, 0) is 4.74 Å². The summed E-state index contributed by atoms with van der Waals surface area (Å²) in [6, 6.07) is 2.81. The zero-order chi connectivity index (χ0) is 24.5. The molecule has 2 aliphatic rings. The molecule has 1 aliphatic heterocycles. The predicted molar refractivity (Wildman–Crippen MR) is 128 cm³/mol. The maximum absolute atomic E-state index is 14.8. The van der Waals surface area contributed by atoms with Gasteiger partial charge in [-0.3, -0.25) is 0 Å². The molecule has 0 bridgehead atoms. The molecule has 2 nitrogen and oxygen atoms in total. The topological polar surface area (TPSA) is 18.5 Å². The quantitative estimate of drug-likeness (QED) is 0.218. The molecule has 1 aliphatic carbocycles. The van der Waals surface area contributed by atoms with Gasteiger partial charge in [-0.25, -0.2) is 13.2 Å². The Morgan fingerprint density at radius 3 is 2.32 bits per heavy atom. The van der Waals surface area contributed by atoms with Crippen molar-refractivity contribution in [2.45, 2.75) is 115 Å². The normalized spacial score (nSPS) is 27.4. The van der Waals surface area contributed by atoms with Crippen molar-refractivity contribution in [3.63, 3.8) is 0 Å². The van der Waals surface area contributed by atoms with Crippen molar-refractivity contribution < 1.29 is 27.0 Å². The summed E-state index contributed by atoms with van der Waals surface area (Å²) in [4.78, 5) is 0. The van der Waals surface area contributed by atoms with Gasteiger partial charge < -0.3 is 9.47 Å². The zero-order valence-corrected chi connectivity index (χ0v) is 20.8. The minimum atomic E-state index is -1.86. The summed E-state index contributed by atoms with van der Waals surface area (Å²) in [7, 11) is 0. The van der Waals surface area contributed by atoms with E-state index in [1.165, 1.54) is 37.8 Å². The molecule has 0 spiro atoms. The number of benzene rings is 1. The lowest BCUT2D eigenvalue weighted by Crippen LogP contribution is -2.33. The molecule has 1 saturated heterocycles. The van der Waals surface area contributed by atoms with Crippen molar-refractivity contribution in [3.8, 4) is 5.75 Å². The number of ether oxygens (including phenoxy) is 2. The van der Waals surface area contributed by atoms with Crippen LogP contribution in [0.15, 0.2) is 12.1 Å². The second kappa shape index (κ2) is 13.7. The second-order valence-electron chi connectivity index (χ2n) is 10.3. The number of hydrogen-bond acceptors (Lipinski definition) is 2. The lowest BCUT2D eigenvalue weighted by Gasteiger charge is -2.31. The van der Waals surface area contributed by atoms with Crippen molar-refractivity contribution in [2.24, 2.45) is 11.8 Å². The Bertz CT molecular complexity index is 727. The molecule has 1 heterocycles. The van der Waals surface area contributed by atoms with Gasteiger partial charge in [0.2, 0.25) is 5.82 Å². The van der Waals surface area contributed by atoms with E-state index >= 15 is 0 Å². The van der Waals surface area contributed by atoms with E-state index in [0.29, 0.717) is 25.4 Å². The number of halogens is 4. The molecule has 0 aromatic heterocycles. The summed E-state index contributed by atoms with van der Waals surface area (Å²) in [5.74, 6) is -2.40. The van der Waals surface area contributed by atoms with E-state index in [2.05, 4.69) is 13.8 Å². The SMILES string of the molecule is CCCCCC1CCC(C(F)C(F)COc2ccc(C3CCC(CCC)OC3)c(F)c2F)CC1. The molecule has 34 heavy (non-hydrogen) atoms. The zero-order valence-electron chi connectivity index (χ0n) is 20.8. The molecule has 2 fully saturated rings. The van der Waals surface area contributed by atoms with Gasteiger partial charge in [-0.1, -0.05) is 64.9 Å². The fraction of sp³-hybridized carbons (Fsp3) is 0.786. The van der Waals surface area contributed by atoms with Gasteiger partial charge in [0.05, 0.1) is 12.7 Å². The molecule has 0 radical (unpaired) electrons. The highest BCUT2D eigenvalue weighted by atomic mass is 19.2. The van der Waals surface area contributed by atoms with Crippen LogP contribution in [0.5, 0.6) is 5.75 Å². The van der Waals surface area contributed by atoms with Crippen LogP contribution in [0.25, 0.3) is 0 Å². The fourth-order valence-corrected chi connectivity index (χ4v) is 5.61. The third kappa shape index (κ3) is 7.35. The van der Waals surface area contributed by atoms with Gasteiger partial charge >= 0.3 is 0 Å².